The van der Waals surface area contributed by atoms with Crippen LogP contribution in [0.4, 0.5) is 0 Å². The number of benzene rings is 3. The number of ether oxygens (including phenoxy) is 2. The average molecular weight is 731 g/mol. The lowest BCUT2D eigenvalue weighted by Gasteiger charge is -2.43. The summed E-state index contributed by atoms with van der Waals surface area (Å²) in [7, 11) is -0.859. The van der Waals surface area contributed by atoms with Gasteiger partial charge in [-0.25, -0.2) is 0 Å². The molecule has 0 saturated heterocycles. The number of hydrogen-bond acceptors (Lipinski definition) is 3. The summed E-state index contributed by atoms with van der Waals surface area (Å²) in [6.45, 7) is 8.30. The molecular formula is C37H50Br2O3Si. The first-order valence-corrected chi connectivity index (χ1v) is 19.3. The molecule has 3 nitrogen and oxygen atoms in total. The minimum Gasteiger partial charge on any atom is -0.497 e. The van der Waals surface area contributed by atoms with Crippen LogP contribution >= 0.6 is 31.9 Å². The Kier molecular flexibility index (Phi) is 15.8. The standard InChI is InChI=1S/C37H50Br2O3Si/c1-37(2,3)43(34-19-13-10-14-20-34,35-21-15-11-16-22-35)42-29-28-33(41-30-31-24-26-32(40-4)27-25-31)18-12-8-6-5-7-9-17-23-36(38)39/h10-11,13-16,19-27,33H,5-9,12,17-18,28-30H2,1-4H3/t33-/m1/s1. The normalized spacial score (nSPS) is 12.6. The molecule has 3 rings (SSSR count). The molecule has 0 heterocycles. The van der Waals surface area contributed by atoms with Crippen LogP contribution < -0.4 is 15.1 Å². The van der Waals surface area contributed by atoms with Crippen LogP contribution in [0.5, 0.6) is 5.75 Å². The molecule has 3 aromatic carbocycles. The Morgan fingerprint density at radius 3 is 1.84 bits per heavy atom. The topological polar surface area (TPSA) is 27.7 Å². The van der Waals surface area contributed by atoms with Crippen molar-refractivity contribution in [1.29, 1.82) is 0 Å². The highest BCUT2D eigenvalue weighted by Crippen LogP contribution is 2.37. The van der Waals surface area contributed by atoms with Gasteiger partial charge in [0.15, 0.2) is 0 Å². The van der Waals surface area contributed by atoms with E-state index in [1.54, 1.807) is 7.11 Å². The molecule has 0 unspecified atom stereocenters. The Hall–Kier alpha value is -1.70. The molecule has 0 aliphatic heterocycles. The number of allylic oxidation sites excluding steroid dienone is 1. The van der Waals surface area contributed by atoms with Gasteiger partial charge in [0.25, 0.3) is 8.32 Å². The van der Waals surface area contributed by atoms with E-state index in [-0.39, 0.29) is 11.1 Å². The molecule has 0 N–H and O–H groups in total. The highest BCUT2D eigenvalue weighted by atomic mass is 79.9. The summed E-state index contributed by atoms with van der Waals surface area (Å²) in [5.41, 5.74) is 1.17. The van der Waals surface area contributed by atoms with E-state index in [1.165, 1.54) is 54.5 Å². The Morgan fingerprint density at radius 2 is 1.30 bits per heavy atom. The number of unbranched alkanes of at least 4 members (excludes halogenated alkanes) is 6. The number of methoxy groups -OCH3 is 1. The Bertz CT molecular complexity index is 1150. The summed E-state index contributed by atoms with van der Waals surface area (Å²) in [6.07, 6.45) is 12.9. The van der Waals surface area contributed by atoms with Crippen LogP contribution in [0.2, 0.25) is 5.04 Å². The number of rotatable bonds is 19. The maximum atomic E-state index is 7.21. The maximum absolute atomic E-state index is 7.21. The van der Waals surface area contributed by atoms with Crippen molar-refractivity contribution in [3.63, 3.8) is 0 Å². The smallest absolute Gasteiger partial charge is 0.261 e. The van der Waals surface area contributed by atoms with Crippen molar-refractivity contribution in [2.24, 2.45) is 0 Å². The van der Waals surface area contributed by atoms with E-state index in [2.05, 4.69) is 132 Å². The highest BCUT2D eigenvalue weighted by Gasteiger charge is 2.50. The molecule has 0 fully saturated rings. The van der Waals surface area contributed by atoms with Crippen LogP contribution in [0.1, 0.15) is 84.1 Å². The van der Waals surface area contributed by atoms with Gasteiger partial charge < -0.3 is 13.9 Å². The van der Waals surface area contributed by atoms with Gasteiger partial charge in [-0.05, 0) is 90.7 Å². The SMILES string of the molecule is COc1ccc(CO[C@H](CCCCCCCCC=C(Br)Br)CCO[Si](c2ccccc2)(c2ccccc2)C(C)(C)C)cc1. The van der Waals surface area contributed by atoms with E-state index >= 15 is 0 Å². The molecule has 234 valence electrons. The van der Waals surface area contributed by atoms with E-state index in [0.29, 0.717) is 13.2 Å². The third-order valence-corrected chi connectivity index (χ3v) is 13.8. The van der Waals surface area contributed by atoms with Gasteiger partial charge in [0.1, 0.15) is 5.75 Å². The van der Waals surface area contributed by atoms with Crippen molar-refractivity contribution in [3.8, 4) is 5.75 Å². The quantitative estimate of drug-likeness (QED) is 0.0908. The van der Waals surface area contributed by atoms with Gasteiger partial charge in [-0.15, -0.1) is 0 Å². The summed E-state index contributed by atoms with van der Waals surface area (Å²) < 4.78 is 20.2. The molecule has 3 aromatic rings. The zero-order valence-electron chi connectivity index (χ0n) is 26.5. The minimum atomic E-state index is -2.56. The predicted octanol–water partition coefficient (Wildman–Crippen LogP) is 10.3. The van der Waals surface area contributed by atoms with E-state index in [1.807, 2.05) is 12.1 Å². The maximum Gasteiger partial charge on any atom is 0.261 e. The third-order valence-electron chi connectivity index (χ3n) is 8.10. The molecular weight excluding hydrogens is 680 g/mol. The molecule has 0 saturated carbocycles. The third kappa shape index (κ3) is 11.6. The van der Waals surface area contributed by atoms with Crippen LogP contribution in [0.25, 0.3) is 0 Å². The summed E-state index contributed by atoms with van der Waals surface area (Å²) in [4.78, 5) is 0. The Labute approximate surface area is 278 Å². The molecule has 0 aliphatic rings. The molecule has 43 heavy (non-hydrogen) atoms. The zero-order chi connectivity index (χ0) is 31.0. The van der Waals surface area contributed by atoms with Gasteiger partial charge in [0.2, 0.25) is 0 Å². The van der Waals surface area contributed by atoms with Gasteiger partial charge in [-0.2, -0.15) is 0 Å². The van der Waals surface area contributed by atoms with Crippen LogP contribution in [0.3, 0.4) is 0 Å². The summed E-state index contributed by atoms with van der Waals surface area (Å²) >= 11 is 6.88. The van der Waals surface area contributed by atoms with Gasteiger partial charge in [-0.1, -0.05) is 132 Å². The van der Waals surface area contributed by atoms with Crippen molar-refractivity contribution in [1.82, 2.24) is 0 Å². The molecule has 0 aromatic heterocycles. The van der Waals surface area contributed by atoms with Crippen LogP contribution in [0.15, 0.2) is 94.4 Å². The second kappa shape index (κ2) is 19.0. The Balaban J connectivity index is 1.66. The summed E-state index contributed by atoms with van der Waals surface area (Å²) in [5, 5.41) is 2.61. The fourth-order valence-electron chi connectivity index (χ4n) is 5.79. The lowest BCUT2D eigenvalue weighted by atomic mass is 10.0. The molecule has 0 aliphatic carbocycles. The lowest BCUT2D eigenvalue weighted by Crippen LogP contribution is -2.66. The van der Waals surface area contributed by atoms with Crippen molar-refractivity contribution in [2.45, 2.75) is 96.3 Å². The van der Waals surface area contributed by atoms with E-state index in [4.69, 9.17) is 13.9 Å². The van der Waals surface area contributed by atoms with Gasteiger partial charge in [-0.3, -0.25) is 0 Å². The van der Waals surface area contributed by atoms with Crippen molar-refractivity contribution in [3.05, 3.63) is 100.0 Å². The molecule has 0 radical (unpaired) electrons. The van der Waals surface area contributed by atoms with Gasteiger partial charge >= 0.3 is 0 Å². The van der Waals surface area contributed by atoms with Gasteiger partial charge in [0, 0.05) is 6.61 Å². The number of halogens is 2. The first kappa shape index (κ1) is 35.8. The summed E-state index contributed by atoms with van der Waals surface area (Å²) in [5.74, 6) is 0.870. The first-order chi connectivity index (χ1) is 20.8. The fourth-order valence-corrected chi connectivity index (χ4v) is 10.8. The highest BCUT2D eigenvalue weighted by molar-refractivity contribution is 9.28. The largest absolute Gasteiger partial charge is 0.497 e. The zero-order valence-corrected chi connectivity index (χ0v) is 30.7. The van der Waals surface area contributed by atoms with Crippen LogP contribution in [0, 0.1) is 0 Å². The van der Waals surface area contributed by atoms with Crippen molar-refractivity contribution >= 4 is 50.6 Å². The van der Waals surface area contributed by atoms with E-state index in [9.17, 15) is 0 Å². The second-order valence-corrected chi connectivity index (χ2v) is 19.4. The number of hydrogen-bond donors (Lipinski definition) is 0. The van der Waals surface area contributed by atoms with E-state index < -0.39 is 8.32 Å². The van der Waals surface area contributed by atoms with E-state index in [0.717, 1.165) is 28.4 Å². The first-order valence-electron chi connectivity index (χ1n) is 15.8. The average Bonchev–Trinajstić information content (AvgIpc) is 3.01. The second-order valence-electron chi connectivity index (χ2n) is 12.3. The molecule has 0 bridgehead atoms. The van der Waals surface area contributed by atoms with Gasteiger partial charge in [0.05, 0.1) is 23.2 Å². The molecule has 0 amide bonds. The molecule has 0 spiro atoms. The fraction of sp³-hybridized carbons (Fsp3) is 0.459. The minimum absolute atomic E-state index is 0.0322. The predicted molar refractivity (Wildman–Crippen MR) is 193 cm³/mol. The molecule has 1 atom stereocenters. The van der Waals surface area contributed by atoms with Crippen LogP contribution in [-0.4, -0.2) is 28.1 Å². The Morgan fingerprint density at radius 1 is 0.744 bits per heavy atom. The summed E-state index contributed by atoms with van der Waals surface area (Å²) in [6, 6.07) is 30.0. The monoisotopic (exact) mass is 728 g/mol. The molecule has 6 heteroatoms. The van der Waals surface area contributed by atoms with Crippen molar-refractivity contribution < 1.29 is 13.9 Å². The lowest BCUT2D eigenvalue weighted by molar-refractivity contribution is 0.0188. The van der Waals surface area contributed by atoms with Crippen molar-refractivity contribution in [2.75, 3.05) is 13.7 Å². The van der Waals surface area contributed by atoms with Crippen LogP contribution in [-0.2, 0) is 15.8 Å².